The van der Waals surface area contributed by atoms with Crippen LogP contribution < -0.4 is 4.74 Å². The van der Waals surface area contributed by atoms with E-state index in [1.54, 1.807) is 0 Å². The molecule has 1 radical (unpaired) electrons. The van der Waals surface area contributed by atoms with Gasteiger partial charge in [0, 0.05) is 6.07 Å². The van der Waals surface area contributed by atoms with Gasteiger partial charge in [-0.25, -0.2) is 13.2 Å². The third kappa shape index (κ3) is 2.65. The Bertz CT molecular complexity index is 300. The highest BCUT2D eigenvalue weighted by molar-refractivity contribution is 5.23. The maximum absolute atomic E-state index is 12.6. The highest BCUT2D eigenvalue weighted by atomic mass is 19.2. The van der Waals surface area contributed by atoms with Gasteiger partial charge in [0.1, 0.15) is 5.75 Å². The van der Waals surface area contributed by atoms with Crippen LogP contribution in [0.4, 0.5) is 13.2 Å². The van der Waals surface area contributed by atoms with E-state index in [4.69, 9.17) is 4.74 Å². The number of hydrogen-bond donors (Lipinski definition) is 0. The fourth-order valence-corrected chi connectivity index (χ4v) is 0.817. The molecule has 0 saturated carbocycles. The summed E-state index contributed by atoms with van der Waals surface area (Å²) in [5, 5.41) is 0. The quantitative estimate of drug-likeness (QED) is 0.686. The van der Waals surface area contributed by atoms with Crippen molar-refractivity contribution in [2.75, 3.05) is 6.61 Å². The molecule has 1 rings (SSSR count). The van der Waals surface area contributed by atoms with Crippen LogP contribution in [0, 0.1) is 29.4 Å². The zero-order valence-corrected chi connectivity index (χ0v) is 7.90. The number of halogens is 3. The van der Waals surface area contributed by atoms with Gasteiger partial charge in [-0.3, -0.25) is 0 Å². The van der Waals surface area contributed by atoms with Crippen LogP contribution in [0.3, 0.4) is 0 Å². The van der Waals surface area contributed by atoms with Crippen molar-refractivity contribution in [3.63, 3.8) is 0 Å². The molecule has 77 valence electrons. The minimum atomic E-state index is -1.53. The average Bonchev–Trinajstić information content (AvgIpc) is 2.10. The predicted octanol–water partition coefficient (Wildman–Crippen LogP) is 2.94. The van der Waals surface area contributed by atoms with Crippen molar-refractivity contribution in [1.82, 2.24) is 0 Å². The first-order valence-electron chi connectivity index (χ1n) is 4.20. The standard InChI is InChI=1S/C10H10F3O/c1-6(2)5-14-7-3-8(11)10(13)9(12)4-7/h3,6H,5H2,1-2H3. The topological polar surface area (TPSA) is 9.23 Å². The molecule has 1 aromatic carbocycles. The summed E-state index contributed by atoms with van der Waals surface area (Å²) < 4.78 is 42.7. The van der Waals surface area contributed by atoms with Crippen molar-refractivity contribution in [3.05, 3.63) is 29.6 Å². The van der Waals surface area contributed by atoms with E-state index in [-0.39, 0.29) is 11.7 Å². The Kier molecular flexibility index (Phi) is 3.38. The third-order valence-electron chi connectivity index (χ3n) is 1.47. The van der Waals surface area contributed by atoms with E-state index in [0.717, 1.165) is 6.07 Å². The first-order chi connectivity index (χ1) is 6.50. The van der Waals surface area contributed by atoms with Crippen molar-refractivity contribution in [2.45, 2.75) is 13.8 Å². The first-order valence-corrected chi connectivity index (χ1v) is 4.20. The molecule has 0 fully saturated rings. The van der Waals surface area contributed by atoms with Crippen LogP contribution in [0.1, 0.15) is 13.8 Å². The van der Waals surface area contributed by atoms with Crippen LogP contribution in [0.15, 0.2) is 6.07 Å². The van der Waals surface area contributed by atoms with E-state index >= 15 is 0 Å². The van der Waals surface area contributed by atoms with Crippen molar-refractivity contribution in [1.29, 1.82) is 0 Å². The van der Waals surface area contributed by atoms with Crippen LogP contribution in [0.5, 0.6) is 5.75 Å². The number of hydrogen-bond acceptors (Lipinski definition) is 1. The Labute approximate surface area is 80.5 Å². The van der Waals surface area contributed by atoms with Crippen molar-refractivity contribution in [3.8, 4) is 5.75 Å². The number of benzene rings is 1. The van der Waals surface area contributed by atoms with E-state index in [9.17, 15) is 13.2 Å². The molecule has 0 aliphatic carbocycles. The summed E-state index contributed by atoms with van der Waals surface area (Å²) in [6, 6.07) is 2.75. The molecule has 0 aliphatic rings. The minimum Gasteiger partial charge on any atom is -0.492 e. The zero-order valence-electron chi connectivity index (χ0n) is 7.90. The van der Waals surface area contributed by atoms with Gasteiger partial charge in [0.05, 0.1) is 12.7 Å². The molecule has 1 aromatic rings. The number of rotatable bonds is 3. The minimum absolute atomic E-state index is 0.116. The Morgan fingerprint density at radius 1 is 1.36 bits per heavy atom. The lowest BCUT2D eigenvalue weighted by molar-refractivity contribution is 0.266. The normalized spacial score (nSPS) is 10.7. The second-order valence-corrected chi connectivity index (χ2v) is 3.31. The molecule has 0 aliphatic heterocycles. The Morgan fingerprint density at radius 3 is 2.50 bits per heavy atom. The van der Waals surface area contributed by atoms with Crippen LogP contribution in [0.2, 0.25) is 0 Å². The molecule has 0 saturated heterocycles. The van der Waals surface area contributed by atoms with E-state index in [1.807, 2.05) is 19.9 Å². The molecule has 1 nitrogen and oxygen atoms in total. The molecule has 14 heavy (non-hydrogen) atoms. The van der Waals surface area contributed by atoms with Crippen molar-refractivity contribution >= 4 is 0 Å². The fraction of sp³-hybridized carbons (Fsp3) is 0.400. The second-order valence-electron chi connectivity index (χ2n) is 3.31. The summed E-state index contributed by atoms with van der Waals surface area (Å²) >= 11 is 0. The van der Waals surface area contributed by atoms with Gasteiger partial charge in [-0.1, -0.05) is 13.8 Å². The SMILES string of the molecule is CC(C)COc1[c]c(F)c(F)c(F)c1. The summed E-state index contributed by atoms with van der Waals surface area (Å²) in [7, 11) is 0. The summed E-state index contributed by atoms with van der Waals surface area (Å²) in [5.74, 6) is -4.04. The number of ether oxygens (including phenoxy) is 1. The Morgan fingerprint density at radius 2 is 2.00 bits per heavy atom. The lowest BCUT2D eigenvalue weighted by Gasteiger charge is -2.08. The van der Waals surface area contributed by atoms with Gasteiger partial charge in [-0.2, -0.15) is 0 Å². The molecule has 0 amide bonds. The van der Waals surface area contributed by atoms with Gasteiger partial charge in [0.25, 0.3) is 0 Å². The molecular weight excluding hydrogens is 193 g/mol. The largest absolute Gasteiger partial charge is 0.492 e. The molecule has 0 spiro atoms. The van der Waals surface area contributed by atoms with Crippen LogP contribution in [-0.2, 0) is 0 Å². The monoisotopic (exact) mass is 203 g/mol. The molecule has 4 heteroatoms. The van der Waals surface area contributed by atoms with Gasteiger partial charge in [-0.15, -0.1) is 0 Å². The maximum Gasteiger partial charge on any atom is 0.195 e. The van der Waals surface area contributed by atoms with Gasteiger partial charge in [-0.05, 0) is 5.92 Å². The van der Waals surface area contributed by atoms with Gasteiger partial charge >= 0.3 is 0 Å². The maximum atomic E-state index is 12.6. The zero-order chi connectivity index (χ0) is 10.7. The molecule has 0 bridgehead atoms. The lowest BCUT2D eigenvalue weighted by Crippen LogP contribution is -2.05. The van der Waals surface area contributed by atoms with Crippen LogP contribution in [0.25, 0.3) is 0 Å². The van der Waals surface area contributed by atoms with Crippen LogP contribution in [-0.4, -0.2) is 6.61 Å². The van der Waals surface area contributed by atoms with Crippen LogP contribution >= 0.6 is 0 Å². The average molecular weight is 203 g/mol. The molecule has 0 unspecified atom stereocenters. The molecule has 0 atom stereocenters. The summed E-state index contributed by atoms with van der Waals surface area (Å²) in [5.41, 5.74) is 0. The molecular formula is C10H10F3O. The second kappa shape index (κ2) is 4.35. The Balaban J connectivity index is 2.79. The molecule has 0 heterocycles. The Hall–Kier alpha value is -1.19. The van der Waals surface area contributed by atoms with Gasteiger partial charge < -0.3 is 4.74 Å². The van der Waals surface area contributed by atoms with E-state index in [0.29, 0.717) is 6.61 Å². The van der Waals surface area contributed by atoms with Crippen molar-refractivity contribution in [2.24, 2.45) is 5.92 Å². The van der Waals surface area contributed by atoms with E-state index < -0.39 is 17.5 Å². The summed E-state index contributed by atoms with van der Waals surface area (Å²) in [4.78, 5) is 0. The third-order valence-corrected chi connectivity index (χ3v) is 1.47. The summed E-state index contributed by atoms with van der Waals surface area (Å²) in [6.07, 6.45) is 0. The summed E-state index contributed by atoms with van der Waals surface area (Å²) in [6.45, 7) is 4.08. The van der Waals surface area contributed by atoms with Gasteiger partial charge in [0.15, 0.2) is 17.5 Å². The first kappa shape index (κ1) is 10.9. The molecule has 0 aromatic heterocycles. The van der Waals surface area contributed by atoms with E-state index in [2.05, 4.69) is 0 Å². The van der Waals surface area contributed by atoms with Crippen molar-refractivity contribution < 1.29 is 17.9 Å². The van der Waals surface area contributed by atoms with E-state index in [1.165, 1.54) is 0 Å². The lowest BCUT2D eigenvalue weighted by atomic mass is 10.2. The highest BCUT2D eigenvalue weighted by Crippen LogP contribution is 2.18. The predicted molar refractivity (Wildman–Crippen MR) is 45.5 cm³/mol. The van der Waals surface area contributed by atoms with Gasteiger partial charge in [0.2, 0.25) is 0 Å². The highest BCUT2D eigenvalue weighted by Gasteiger charge is 2.11. The fourth-order valence-electron chi connectivity index (χ4n) is 0.817. The molecule has 0 N–H and O–H groups in total. The smallest absolute Gasteiger partial charge is 0.195 e.